The number of benzene rings is 1. The second-order valence-corrected chi connectivity index (χ2v) is 3.81. The minimum absolute atomic E-state index is 1.05. The zero-order valence-corrected chi connectivity index (χ0v) is 10.2. The first-order valence-corrected chi connectivity index (χ1v) is 6.00. The van der Waals surface area contributed by atoms with Gasteiger partial charge in [-0.3, -0.25) is 5.43 Å². The number of para-hydroxylation sites is 1. The van der Waals surface area contributed by atoms with Crippen molar-refractivity contribution in [2.75, 3.05) is 5.43 Å². The largest absolute Gasteiger partial charge is 0.278 e. The Morgan fingerprint density at radius 2 is 1.67 bits per heavy atom. The van der Waals surface area contributed by atoms with Crippen LogP contribution in [0.25, 0.3) is 6.08 Å². The molecule has 1 aromatic carbocycles. The van der Waals surface area contributed by atoms with Crippen LogP contribution in [0.2, 0.25) is 0 Å². The van der Waals surface area contributed by atoms with Crippen LogP contribution in [-0.4, -0.2) is 6.21 Å². The molecule has 0 spiro atoms. The van der Waals surface area contributed by atoms with Gasteiger partial charge in [-0.1, -0.05) is 60.7 Å². The first-order valence-electron chi connectivity index (χ1n) is 6.00. The summed E-state index contributed by atoms with van der Waals surface area (Å²) < 4.78 is 0. The third kappa shape index (κ3) is 3.91. The van der Waals surface area contributed by atoms with Crippen LogP contribution in [0.15, 0.2) is 71.9 Å². The van der Waals surface area contributed by atoms with Crippen LogP contribution in [0.5, 0.6) is 0 Å². The SMILES string of the molecule is C1=CC=CCC=C1.C1=Cc2ccccc2NN=C1. The molecule has 0 saturated carbocycles. The van der Waals surface area contributed by atoms with Crippen molar-refractivity contribution in [2.45, 2.75) is 6.42 Å². The molecule has 2 heteroatoms. The van der Waals surface area contributed by atoms with Gasteiger partial charge in [-0.15, -0.1) is 0 Å². The van der Waals surface area contributed by atoms with Crippen LogP contribution in [0.1, 0.15) is 12.0 Å². The highest BCUT2D eigenvalue weighted by molar-refractivity contribution is 5.83. The van der Waals surface area contributed by atoms with Crippen molar-refractivity contribution in [3.05, 3.63) is 72.4 Å². The molecule has 0 saturated heterocycles. The van der Waals surface area contributed by atoms with Gasteiger partial charge in [-0.2, -0.15) is 5.10 Å². The van der Waals surface area contributed by atoms with Gasteiger partial charge >= 0.3 is 0 Å². The molecule has 0 atom stereocenters. The summed E-state index contributed by atoms with van der Waals surface area (Å²) in [4.78, 5) is 0. The lowest BCUT2D eigenvalue weighted by molar-refractivity contribution is 1.36. The molecule has 2 nitrogen and oxygen atoms in total. The zero-order chi connectivity index (χ0) is 12.5. The Balaban J connectivity index is 0.000000149. The van der Waals surface area contributed by atoms with E-state index >= 15 is 0 Å². The summed E-state index contributed by atoms with van der Waals surface area (Å²) in [6.07, 6.45) is 19.2. The Morgan fingerprint density at radius 3 is 2.50 bits per heavy atom. The summed E-state index contributed by atoms with van der Waals surface area (Å²) in [6.45, 7) is 0. The van der Waals surface area contributed by atoms with Gasteiger partial charge in [0.15, 0.2) is 0 Å². The molecule has 1 aliphatic carbocycles. The van der Waals surface area contributed by atoms with Crippen molar-refractivity contribution in [3.8, 4) is 0 Å². The predicted octanol–water partition coefficient (Wildman–Crippen LogP) is 4.17. The minimum atomic E-state index is 1.05. The normalized spacial score (nSPS) is 14.9. The minimum Gasteiger partial charge on any atom is -0.278 e. The average molecular weight is 236 g/mol. The van der Waals surface area contributed by atoms with Gasteiger partial charge in [0, 0.05) is 6.21 Å². The standard InChI is InChI=1S/C9H8N2.C7H8/c1-2-6-9-8(4-1)5-3-7-10-11-9;1-2-4-6-7-5-3-1/h1-7,11H;1-6H,7H2. The Bertz CT molecular complexity index is 506. The van der Waals surface area contributed by atoms with Crippen LogP contribution >= 0.6 is 0 Å². The molecule has 0 radical (unpaired) electrons. The number of anilines is 1. The van der Waals surface area contributed by atoms with Gasteiger partial charge < -0.3 is 0 Å². The number of hydrogen-bond acceptors (Lipinski definition) is 2. The number of fused-ring (bicyclic) bond motifs is 1. The number of hydrazone groups is 1. The van der Waals surface area contributed by atoms with Crippen LogP contribution in [0.3, 0.4) is 0 Å². The lowest BCUT2D eigenvalue weighted by Crippen LogP contribution is -1.87. The first kappa shape index (κ1) is 12.1. The Kier molecular flexibility index (Phi) is 4.76. The van der Waals surface area contributed by atoms with Gasteiger partial charge in [0.05, 0.1) is 5.69 Å². The van der Waals surface area contributed by atoms with E-state index in [0.717, 1.165) is 12.1 Å². The average Bonchev–Trinajstić information content (AvgIpc) is 2.84. The van der Waals surface area contributed by atoms with E-state index in [-0.39, 0.29) is 0 Å². The van der Waals surface area contributed by atoms with E-state index in [9.17, 15) is 0 Å². The van der Waals surface area contributed by atoms with Crippen molar-refractivity contribution in [2.24, 2.45) is 5.10 Å². The Hall–Kier alpha value is -2.35. The molecule has 18 heavy (non-hydrogen) atoms. The molecule has 0 bridgehead atoms. The number of allylic oxidation sites excluding steroid dienone is 7. The second kappa shape index (κ2) is 7.07. The molecule has 0 unspecified atom stereocenters. The third-order valence-corrected chi connectivity index (χ3v) is 2.46. The van der Waals surface area contributed by atoms with Crippen LogP contribution in [0, 0.1) is 0 Å². The molecule has 90 valence electrons. The molecule has 1 aromatic rings. The number of rotatable bonds is 0. The number of nitrogens with one attached hydrogen (secondary N) is 1. The molecule has 3 rings (SSSR count). The van der Waals surface area contributed by atoms with E-state index in [0.29, 0.717) is 0 Å². The van der Waals surface area contributed by atoms with Gasteiger partial charge in [0.1, 0.15) is 0 Å². The van der Waals surface area contributed by atoms with Crippen LogP contribution < -0.4 is 5.43 Å². The Morgan fingerprint density at radius 1 is 0.889 bits per heavy atom. The van der Waals surface area contributed by atoms with Crippen molar-refractivity contribution in [3.63, 3.8) is 0 Å². The van der Waals surface area contributed by atoms with Crippen molar-refractivity contribution < 1.29 is 0 Å². The van der Waals surface area contributed by atoms with Gasteiger partial charge in [-0.05, 0) is 24.1 Å². The summed E-state index contributed by atoms with van der Waals surface area (Å²) in [5.74, 6) is 0. The topological polar surface area (TPSA) is 24.4 Å². The molecule has 0 fully saturated rings. The Labute approximate surface area is 108 Å². The van der Waals surface area contributed by atoms with Gasteiger partial charge in [0.25, 0.3) is 0 Å². The van der Waals surface area contributed by atoms with Crippen molar-refractivity contribution in [1.82, 2.24) is 0 Å². The summed E-state index contributed by atoms with van der Waals surface area (Å²) in [6, 6.07) is 8.05. The van der Waals surface area contributed by atoms with E-state index in [1.165, 1.54) is 5.56 Å². The maximum Gasteiger partial charge on any atom is 0.0634 e. The monoisotopic (exact) mass is 236 g/mol. The molecule has 1 N–H and O–H groups in total. The highest BCUT2D eigenvalue weighted by atomic mass is 15.3. The molecule has 0 aromatic heterocycles. The summed E-state index contributed by atoms with van der Waals surface area (Å²) in [5.41, 5.74) is 5.16. The molecular weight excluding hydrogens is 220 g/mol. The van der Waals surface area contributed by atoms with Gasteiger partial charge in [0.2, 0.25) is 0 Å². The lowest BCUT2D eigenvalue weighted by Gasteiger charge is -2.00. The zero-order valence-electron chi connectivity index (χ0n) is 10.2. The van der Waals surface area contributed by atoms with E-state index in [2.05, 4.69) is 34.8 Å². The van der Waals surface area contributed by atoms with Crippen LogP contribution in [0.4, 0.5) is 5.69 Å². The van der Waals surface area contributed by atoms with Gasteiger partial charge in [-0.25, -0.2) is 0 Å². The smallest absolute Gasteiger partial charge is 0.0634 e. The predicted molar refractivity (Wildman–Crippen MR) is 79.6 cm³/mol. The summed E-state index contributed by atoms with van der Waals surface area (Å²) in [5, 5.41) is 3.95. The molecule has 1 heterocycles. The fourth-order valence-electron chi connectivity index (χ4n) is 1.56. The maximum atomic E-state index is 3.95. The second-order valence-electron chi connectivity index (χ2n) is 3.81. The lowest BCUT2D eigenvalue weighted by atomic mass is 10.2. The highest BCUT2D eigenvalue weighted by Gasteiger charge is 1.96. The maximum absolute atomic E-state index is 3.95. The fourth-order valence-corrected chi connectivity index (χ4v) is 1.56. The van der Waals surface area contributed by atoms with E-state index in [1.807, 2.05) is 48.6 Å². The van der Waals surface area contributed by atoms with Crippen LogP contribution in [-0.2, 0) is 0 Å². The fraction of sp³-hybridized carbons (Fsp3) is 0.0625. The molecule has 0 amide bonds. The third-order valence-electron chi connectivity index (χ3n) is 2.46. The molecule has 2 aliphatic rings. The van der Waals surface area contributed by atoms with E-state index in [1.54, 1.807) is 6.21 Å². The summed E-state index contributed by atoms with van der Waals surface area (Å²) in [7, 11) is 0. The molecule has 1 aliphatic heterocycles. The quantitative estimate of drug-likeness (QED) is 0.718. The van der Waals surface area contributed by atoms with Crippen molar-refractivity contribution in [1.29, 1.82) is 0 Å². The highest BCUT2D eigenvalue weighted by Crippen LogP contribution is 2.17. The van der Waals surface area contributed by atoms with E-state index in [4.69, 9.17) is 0 Å². The molecular formula is C16H16N2. The summed E-state index contributed by atoms with van der Waals surface area (Å²) >= 11 is 0. The van der Waals surface area contributed by atoms with Crippen molar-refractivity contribution >= 4 is 18.0 Å². The van der Waals surface area contributed by atoms with E-state index < -0.39 is 0 Å². The number of hydrogen-bond donors (Lipinski definition) is 1. The number of nitrogens with zero attached hydrogens (tertiary/aromatic N) is 1. The first-order chi connectivity index (χ1) is 8.97.